The van der Waals surface area contributed by atoms with Gasteiger partial charge in [-0.2, -0.15) is 0 Å². The van der Waals surface area contributed by atoms with Crippen LogP contribution >= 0.6 is 24.0 Å². The zero-order chi connectivity index (χ0) is 15.5. The van der Waals surface area contributed by atoms with Gasteiger partial charge < -0.3 is 15.5 Å². The Labute approximate surface area is 159 Å². The van der Waals surface area contributed by atoms with Gasteiger partial charge in [0, 0.05) is 20.1 Å². The van der Waals surface area contributed by atoms with Crippen molar-refractivity contribution >= 4 is 29.9 Å². The molecule has 1 saturated heterocycles. The summed E-state index contributed by atoms with van der Waals surface area (Å²) in [5.41, 5.74) is 1.62. The fraction of sp³-hybridized carbons (Fsp3) is 0.833. The molecule has 2 N–H and O–H groups in total. The summed E-state index contributed by atoms with van der Waals surface area (Å²) in [6.07, 6.45) is 14.2. The number of nitrogens with one attached hydrogen (secondary N) is 2. The summed E-state index contributed by atoms with van der Waals surface area (Å²) in [5, 5.41) is 6.87. The highest BCUT2D eigenvalue weighted by atomic mass is 127. The van der Waals surface area contributed by atoms with Crippen molar-refractivity contribution < 1.29 is 0 Å². The van der Waals surface area contributed by atoms with E-state index in [0.717, 1.165) is 25.5 Å². The number of nitrogens with zero attached hydrogens (tertiary/aromatic N) is 2. The topological polar surface area (TPSA) is 39.7 Å². The minimum atomic E-state index is 0. The van der Waals surface area contributed by atoms with E-state index in [0.29, 0.717) is 0 Å². The molecule has 0 bridgehead atoms. The number of hydrogen-bond acceptors (Lipinski definition) is 2. The predicted octanol–water partition coefficient (Wildman–Crippen LogP) is 3.54. The predicted molar refractivity (Wildman–Crippen MR) is 111 cm³/mol. The van der Waals surface area contributed by atoms with E-state index in [1.807, 2.05) is 7.05 Å². The van der Waals surface area contributed by atoms with E-state index < -0.39 is 0 Å². The van der Waals surface area contributed by atoms with Crippen molar-refractivity contribution in [3.8, 4) is 0 Å². The summed E-state index contributed by atoms with van der Waals surface area (Å²) in [5.74, 6) is 0.956. The largest absolute Gasteiger partial charge is 0.356 e. The molecule has 23 heavy (non-hydrogen) atoms. The van der Waals surface area contributed by atoms with Crippen LogP contribution in [0.1, 0.15) is 57.8 Å². The van der Waals surface area contributed by atoms with Crippen molar-refractivity contribution in [1.82, 2.24) is 15.5 Å². The SMILES string of the molecule is CN=C(NCCCCN1CCCC1)NCCC1=CCCCC1.I. The highest BCUT2D eigenvalue weighted by Crippen LogP contribution is 2.19. The molecular weight excluding hydrogens is 399 g/mol. The lowest BCUT2D eigenvalue weighted by Crippen LogP contribution is -2.38. The molecule has 1 fully saturated rings. The van der Waals surface area contributed by atoms with Gasteiger partial charge in [-0.25, -0.2) is 0 Å². The Morgan fingerprint density at radius 1 is 1.09 bits per heavy atom. The Morgan fingerprint density at radius 2 is 1.87 bits per heavy atom. The summed E-state index contributed by atoms with van der Waals surface area (Å²) in [7, 11) is 1.86. The number of unbranched alkanes of at least 4 members (excludes halogenated alkanes) is 1. The number of likely N-dealkylation sites (tertiary alicyclic amines) is 1. The van der Waals surface area contributed by atoms with Crippen LogP contribution in [0.5, 0.6) is 0 Å². The van der Waals surface area contributed by atoms with Gasteiger partial charge in [0.1, 0.15) is 0 Å². The summed E-state index contributed by atoms with van der Waals surface area (Å²) in [4.78, 5) is 6.90. The second-order valence-electron chi connectivity index (χ2n) is 6.54. The van der Waals surface area contributed by atoms with E-state index in [-0.39, 0.29) is 24.0 Å². The Bertz CT molecular complexity index is 362. The quantitative estimate of drug-likeness (QED) is 0.202. The first-order valence-corrected chi connectivity index (χ1v) is 9.23. The molecule has 4 nitrogen and oxygen atoms in total. The van der Waals surface area contributed by atoms with Gasteiger partial charge in [-0.05, 0) is 77.4 Å². The van der Waals surface area contributed by atoms with Gasteiger partial charge in [-0.15, -0.1) is 24.0 Å². The van der Waals surface area contributed by atoms with E-state index in [2.05, 4.69) is 26.6 Å². The third-order valence-corrected chi connectivity index (χ3v) is 4.74. The molecule has 5 heteroatoms. The second kappa shape index (κ2) is 13.0. The van der Waals surface area contributed by atoms with Gasteiger partial charge in [0.2, 0.25) is 0 Å². The first kappa shape index (κ1) is 20.7. The summed E-state index contributed by atoms with van der Waals surface area (Å²) >= 11 is 0. The van der Waals surface area contributed by atoms with Crippen LogP contribution in [0.2, 0.25) is 0 Å². The van der Waals surface area contributed by atoms with E-state index in [4.69, 9.17) is 0 Å². The van der Waals surface area contributed by atoms with Crippen molar-refractivity contribution in [2.24, 2.45) is 4.99 Å². The number of allylic oxidation sites excluding steroid dienone is 1. The Kier molecular flexibility index (Phi) is 11.8. The molecule has 0 spiro atoms. The van der Waals surface area contributed by atoms with Crippen LogP contribution in [0.15, 0.2) is 16.6 Å². The normalized spacial score (nSPS) is 19.2. The minimum absolute atomic E-state index is 0. The Balaban J connectivity index is 0.00000264. The van der Waals surface area contributed by atoms with Gasteiger partial charge in [0.05, 0.1) is 0 Å². The van der Waals surface area contributed by atoms with Crippen LogP contribution in [-0.2, 0) is 0 Å². The molecular formula is C18H35IN4. The molecule has 134 valence electrons. The molecule has 0 aromatic carbocycles. The molecule has 0 aromatic rings. The molecule has 1 aliphatic carbocycles. The second-order valence-corrected chi connectivity index (χ2v) is 6.54. The smallest absolute Gasteiger partial charge is 0.190 e. The maximum Gasteiger partial charge on any atom is 0.190 e. The highest BCUT2D eigenvalue weighted by molar-refractivity contribution is 14.0. The average molecular weight is 434 g/mol. The lowest BCUT2D eigenvalue weighted by molar-refractivity contribution is 0.330. The van der Waals surface area contributed by atoms with Gasteiger partial charge in [-0.1, -0.05) is 11.6 Å². The van der Waals surface area contributed by atoms with Crippen molar-refractivity contribution in [3.05, 3.63) is 11.6 Å². The van der Waals surface area contributed by atoms with Crippen LogP contribution in [0.4, 0.5) is 0 Å². The van der Waals surface area contributed by atoms with Crippen molar-refractivity contribution in [2.75, 3.05) is 39.8 Å². The number of rotatable bonds is 8. The third kappa shape index (κ3) is 8.94. The van der Waals surface area contributed by atoms with Crippen molar-refractivity contribution in [2.45, 2.75) is 57.8 Å². The minimum Gasteiger partial charge on any atom is -0.356 e. The molecule has 0 amide bonds. The fourth-order valence-electron chi connectivity index (χ4n) is 3.37. The summed E-state index contributed by atoms with van der Waals surface area (Å²) in [6, 6.07) is 0. The maximum atomic E-state index is 4.31. The standard InChI is InChI=1S/C18H34N4.HI/c1-19-18(21-13-11-17-9-3-2-4-10-17)20-12-5-6-14-22-15-7-8-16-22;/h9H,2-8,10-16H2,1H3,(H2,19,20,21);1H. The fourth-order valence-corrected chi connectivity index (χ4v) is 3.37. The zero-order valence-electron chi connectivity index (χ0n) is 14.8. The Hall–Kier alpha value is -0.300. The molecule has 1 heterocycles. The highest BCUT2D eigenvalue weighted by Gasteiger charge is 2.10. The van der Waals surface area contributed by atoms with Crippen LogP contribution in [0.25, 0.3) is 0 Å². The lowest BCUT2D eigenvalue weighted by Gasteiger charge is -2.16. The number of aliphatic imine (C=N–C) groups is 1. The first-order chi connectivity index (χ1) is 10.9. The molecule has 2 rings (SSSR count). The van der Waals surface area contributed by atoms with Gasteiger partial charge >= 0.3 is 0 Å². The van der Waals surface area contributed by atoms with Gasteiger partial charge in [-0.3, -0.25) is 4.99 Å². The molecule has 0 unspecified atom stereocenters. The molecule has 2 aliphatic rings. The molecule has 1 aliphatic heterocycles. The zero-order valence-corrected chi connectivity index (χ0v) is 17.1. The van der Waals surface area contributed by atoms with E-state index in [1.54, 1.807) is 5.57 Å². The molecule has 0 aromatic heterocycles. The first-order valence-electron chi connectivity index (χ1n) is 9.23. The van der Waals surface area contributed by atoms with E-state index >= 15 is 0 Å². The van der Waals surface area contributed by atoms with E-state index in [1.165, 1.54) is 71.0 Å². The monoisotopic (exact) mass is 434 g/mol. The molecule has 0 radical (unpaired) electrons. The Morgan fingerprint density at radius 3 is 2.57 bits per heavy atom. The van der Waals surface area contributed by atoms with Crippen molar-refractivity contribution in [3.63, 3.8) is 0 Å². The van der Waals surface area contributed by atoms with E-state index in [9.17, 15) is 0 Å². The lowest BCUT2D eigenvalue weighted by atomic mass is 9.97. The van der Waals surface area contributed by atoms with Crippen LogP contribution < -0.4 is 10.6 Å². The average Bonchev–Trinajstić information content (AvgIpc) is 3.07. The van der Waals surface area contributed by atoms with Gasteiger partial charge in [0.25, 0.3) is 0 Å². The number of guanidine groups is 1. The molecule has 0 saturated carbocycles. The summed E-state index contributed by atoms with van der Waals surface area (Å²) in [6.45, 7) is 5.91. The van der Waals surface area contributed by atoms with Crippen LogP contribution in [-0.4, -0.2) is 50.6 Å². The van der Waals surface area contributed by atoms with Crippen LogP contribution in [0.3, 0.4) is 0 Å². The third-order valence-electron chi connectivity index (χ3n) is 4.74. The number of halogens is 1. The summed E-state index contributed by atoms with van der Waals surface area (Å²) < 4.78 is 0. The number of hydrogen-bond donors (Lipinski definition) is 2. The molecule has 0 atom stereocenters. The van der Waals surface area contributed by atoms with Crippen molar-refractivity contribution in [1.29, 1.82) is 0 Å². The van der Waals surface area contributed by atoms with Crippen LogP contribution in [0, 0.1) is 0 Å². The maximum absolute atomic E-state index is 4.31. The van der Waals surface area contributed by atoms with Gasteiger partial charge in [0.15, 0.2) is 5.96 Å².